The number of nitrogens with zero attached hydrogens (tertiary/aromatic N) is 4. The molecule has 0 aliphatic heterocycles. The predicted octanol–water partition coefficient (Wildman–Crippen LogP) is 16.3. The van der Waals surface area contributed by atoms with Crippen LogP contribution in [0.5, 0.6) is 0 Å². The number of para-hydroxylation sites is 1. The van der Waals surface area contributed by atoms with Crippen LogP contribution in [0.4, 0.5) is 0 Å². The van der Waals surface area contributed by atoms with Crippen molar-refractivity contribution < 1.29 is 0 Å². The summed E-state index contributed by atoms with van der Waals surface area (Å²) in [7, 11) is 0. The van der Waals surface area contributed by atoms with Crippen molar-refractivity contribution in [1.82, 2.24) is 19.1 Å². The molecular weight excluding hydrogens is 809 g/mol. The van der Waals surface area contributed by atoms with Crippen molar-refractivity contribution in [3.8, 4) is 44.5 Å². The Hall–Kier alpha value is -8.38. The standard InChI is InChI=1S/C60H36N4S/c1-3-16-39(17-4-1)58-59-51(36-56(65-59)47-25-13-20-37-14-9-11-23-45(37)47)61-60(62-58)64-52-30-28-42(33-49(52)50-32-40-18-7-8-19-41(40)34-55(50)64)43-26-29-48-54(35-43)63(44-21-5-2-6-22-44)53-31-27-38-15-10-12-24-46(38)57(48)53/h1-36H. The van der Waals surface area contributed by atoms with Crippen LogP contribution in [0.2, 0.25) is 0 Å². The number of hydrogen-bond acceptors (Lipinski definition) is 3. The molecule has 0 unspecified atom stereocenters. The van der Waals surface area contributed by atoms with Crippen LogP contribution >= 0.6 is 11.3 Å². The number of benzene rings is 10. The van der Waals surface area contributed by atoms with Crippen LogP contribution in [-0.4, -0.2) is 19.1 Å². The first-order valence-corrected chi connectivity index (χ1v) is 22.9. The van der Waals surface area contributed by atoms with E-state index in [1.165, 1.54) is 70.0 Å². The van der Waals surface area contributed by atoms with E-state index in [-0.39, 0.29) is 0 Å². The van der Waals surface area contributed by atoms with E-state index in [0.29, 0.717) is 5.95 Å². The molecule has 302 valence electrons. The van der Waals surface area contributed by atoms with Crippen molar-refractivity contribution in [3.05, 3.63) is 218 Å². The molecular formula is C60H36N4S. The molecule has 0 radical (unpaired) electrons. The third-order valence-electron chi connectivity index (χ3n) is 13.3. The zero-order valence-electron chi connectivity index (χ0n) is 35.0. The highest BCUT2D eigenvalue weighted by Gasteiger charge is 2.22. The molecule has 4 heterocycles. The number of fused-ring (bicyclic) bond motifs is 11. The highest BCUT2D eigenvalue weighted by molar-refractivity contribution is 7.22. The fourth-order valence-corrected chi connectivity index (χ4v) is 11.5. The summed E-state index contributed by atoms with van der Waals surface area (Å²) in [4.78, 5) is 12.2. The molecule has 14 rings (SSSR count). The molecule has 10 aromatic carbocycles. The van der Waals surface area contributed by atoms with Gasteiger partial charge in [0.1, 0.15) is 0 Å². The molecule has 0 amide bonds. The Labute approximate surface area is 377 Å². The lowest BCUT2D eigenvalue weighted by molar-refractivity contribution is 1.02. The van der Waals surface area contributed by atoms with Gasteiger partial charge in [-0.05, 0) is 104 Å². The Balaban J connectivity index is 1.01. The van der Waals surface area contributed by atoms with Crippen LogP contribution in [0.1, 0.15) is 0 Å². The maximum absolute atomic E-state index is 5.52. The minimum absolute atomic E-state index is 0.655. The second-order valence-corrected chi connectivity index (χ2v) is 18.0. The molecule has 0 bridgehead atoms. The monoisotopic (exact) mass is 844 g/mol. The van der Waals surface area contributed by atoms with Crippen LogP contribution in [0.15, 0.2) is 218 Å². The minimum atomic E-state index is 0.655. The maximum atomic E-state index is 5.52. The van der Waals surface area contributed by atoms with E-state index >= 15 is 0 Å². The van der Waals surface area contributed by atoms with E-state index in [1.807, 2.05) is 0 Å². The van der Waals surface area contributed by atoms with Crippen molar-refractivity contribution in [3.63, 3.8) is 0 Å². The fraction of sp³-hybridized carbons (Fsp3) is 0. The zero-order valence-corrected chi connectivity index (χ0v) is 35.8. The van der Waals surface area contributed by atoms with Crippen LogP contribution < -0.4 is 0 Å². The van der Waals surface area contributed by atoms with Crippen molar-refractivity contribution in [2.45, 2.75) is 0 Å². The summed E-state index contributed by atoms with van der Waals surface area (Å²) in [5, 5.41) is 12.2. The van der Waals surface area contributed by atoms with E-state index < -0.39 is 0 Å². The summed E-state index contributed by atoms with van der Waals surface area (Å²) < 4.78 is 5.78. The lowest BCUT2D eigenvalue weighted by Gasteiger charge is -2.11. The average molecular weight is 845 g/mol. The van der Waals surface area contributed by atoms with Crippen molar-refractivity contribution in [1.29, 1.82) is 0 Å². The number of hydrogen-bond donors (Lipinski definition) is 0. The smallest absolute Gasteiger partial charge is 0.235 e. The number of aromatic nitrogens is 4. The van der Waals surface area contributed by atoms with Crippen molar-refractivity contribution in [2.75, 3.05) is 0 Å². The highest BCUT2D eigenvalue weighted by atomic mass is 32.1. The second kappa shape index (κ2) is 14.1. The summed E-state index contributed by atoms with van der Waals surface area (Å²) in [6, 6.07) is 79.2. The van der Waals surface area contributed by atoms with Gasteiger partial charge < -0.3 is 4.57 Å². The van der Waals surface area contributed by atoms with Crippen LogP contribution in [-0.2, 0) is 0 Å². The summed E-state index contributed by atoms with van der Waals surface area (Å²) in [5.74, 6) is 0.655. The van der Waals surface area contributed by atoms with Gasteiger partial charge in [0.25, 0.3) is 0 Å². The largest absolute Gasteiger partial charge is 0.309 e. The SMILES string of the molecule is c1ccc(-c2nc(-n3c4ccc(-c5ccc6c7c8ccccc8ccc7n(-c7ccccc7)c6c5)cc4c4cc5ccccc5cc43)nc3cc(-c4cccc5ccccc45)sc23)cc1. The predicted molar refractivity (Wildman–Crippen MR) is 275 cm³/mol. The first-order chi connectivity index (χ1) is 32.2. The Bertz CT molecular complexity index is 4230. The lowest BCUT2D eigenvalue weighted by Crippen LogP contribution is -2.02. The fourth-order valence-electron chi connectivity index (χ4n) is 10.3. The van der Waals surface area contributed by atoms with Gasteiger partial charge in [0.15, 0.2) is 0 Å². The van der Waals surface area contributed by atoms with Gasteiger partial charge in [-0.3, -0.25) is 4.57 Å². The van der Waals surface area contributed by atoms with Gasteiger partial charge in [-0.2, -0.15) is 0 Å². The molecule has 0 spiro atoms. The van der Waals surface area contributed by atoms with Crippen LogP contribution in [0.25, 0.3) is 131 Å². The first-order valence-electron chi connectivity index (χ1n) is 22.1. The Morgan fingerprint density at radius 1 is 0.354 bits per heavy atom. The number of rotatable bonds is 5. The third kappa shape index (κ3) is 5.56. The average Bonchev–Trinajstić information content (AvgIpc) is 4.05. The van der Waals surface area contributed by atoms with Gasteiger partial charge in [-0.25, -0.2) is 9.97 Å². The lowest BCUT2D eigenvalue weighted by atomic mass is 9.99. The van der Waals surface area contributed by atoms with Crippen molar-refractivity contribution in [2.24, 2.45) is 0 Å². The van der Waals surface area contributed by atoms with E-state index in [4.69, 9.17) is 9.97 Å². The molecule has 0 N–H and O–H groups in total. The highest BCUT2D eigenvalue weighted by Crippen LogP contribution is 2.44. The molecule has 0 aliphatic carbocycles. The van der Waals surface area contributed by atoms with Crippen LogP contribution in [0.3, 0.4) is 0 Å². The van der Waals surface area contributed by atoms with Gasteiger partial charge in [-0.1, -0.05) is 164 Å². The first kappa shape index (κ1) is 36.1. The molecule has 14 aromatic rings. The van der Waals surface area contributed by atoms with Gasteiger partial charge >= 0.3 is 0 Å². The summed E-state index contributed by atoms with van der Waals surface area (Å²) in [6.45, 7) is 0. The van der Waals surface area contributed by atoms with Gasteiger partial charge in [0.05, 0.1) is 38.0 Å². The summed E-state index contributed by atoms with van der Waals surface area (Å²) >= 11 is 1.77. The van der Waals surface area contributed by atoms with Crippen LogP contribution in [0, 0.1) is 0 Å². The van der Waals surface area contributed by atoms with E-state index in [2.05, 4.69) is 228 Å². The summed E-state index contributed by atoms with van der Waals surface area (Å²) in [5.41, 5.74) is 12.1. The normalized spacial score (nSPS) is 12.0. The molecule has 0 saturated heterocycles. The van der Waals surface area contributed by atoms with E-state index in [0.717, 1.165) is 54.7 Å². The molecule has 0 saturated carbocycles. The molecule has 5 heteroatoms. The molecule has 65 heavy (non-hydrogen) atoms. The minimum Gasteiger partial charge on any atom is -0.309 e. The molecule has 4 aromatic heterocycles. The Kier molecular flexibility index (Phi) is 7.82. The Morgan fingerprint density at radius 3 is 1.82 bits per heavy atom. The zero-order chi connectivity index (χ0) is 42.6. The number of thiophene rings is 1. The maximum Gasteiger partial charge on any atom is 0.235 e. The molecule has 4 nitrogen and oxygen atoms in total. The molecule has 0 atom stereocenters. The van der Waals surface area contributed by atoms with Gasteiger partial charge in [-0.15, -0.1) is 11.3 Å². The molecule has 0 aliphatic rings. The van der Waals surface area contributed by atoms with Crippen molar-refractivity contribution >= 4 is 97.5 Å². The third-order valence-corrected chi connectivity index (χ3v) is 14.5. The quantitative estimate of drug-likeness (QED) is 0.173. The van der Waals surface area contributed by atoms with E-state index in [1.54, 1.807) is 11.3 Å². The van der Waals surface area contributed by atoms with E-state index in [9.17, 15) is 0 Å². The summed E-state index contributed by atoms with van der Waals surface area (Å²) in [6.07, 6.45) is 0. The van der Waals surface area contributed by atoms with Gasteiger partial charge in [0.2, 0.25) is 5.95 Å². The second-order valence-electron chi connectivity index (χ2n) is 17.0. The van der Waals surface area contributed by atoms with Gasteiger partial charge in [0, 0.05) is 37.7 Å². The topological polar surface area (TPSA) is 35.6 Å². The molecule has 0 fully saturated rings. The Morgan fingerprint density at radius 2 is 0.985 bits per heavy atom.